The van der Waals surface area contributed by atoms with E-state index in [1.807, 2.05) is 12.1 Å². The summed E-state index contributed by atoms with van der Waals surface area (Å²) in [6, 6.07) is 17.4. The molecule has 3 aromatic carbocycles. The van der Waals surface area contributed by atoms with E-state index in [9.17, 15) is 28.7 Å². The monoisotopic (exact) mass is 638 g/mol. The van der Waals surface area contributed by atoms with Crippen LogP contribution in [0.5, 0.6) is 11.5 Å². The van der Waals surface area contributed by atoms with Crippen LogP contribution < -0.4 is 14.5 Å². The third-order valence-corrected chi connectivity index (χ3v) is 10.9. The second-order valence-electron chi connectivity index (χ2n) is 12.9. The van der Waals surface area contributed by atoms with E-state index >= 15 is 0 Å². The summed E-state index contributed by atoms with van der Waals surface area (Å²) in [5.74, 6) is -4.86. The zero-order chi connectivity index (χ0) is 32.1. The number of hydrogen-bond donors (Lipinski definition) is 1. The third-order valence-electron chi connectivity index (χ3n) is 10.6. The lowest BCUT2D eigenvalue weighted by Crippen LogP contribution is -2.51. The minimum Gasteiger partial charge on any atom is -0.508 e. The van der Waals surface area contributed by atoms with Gasteiger partial charge in [-0.15, -0.1) is 0 Å². The highest BCUT2D eigenvalue weighted by atomic mass is 35.5. The van der Waals surface area contributed by atoms with Crippen molar-refractivity contribution in [3.05, 3.63) is 107 Å². The molecule has 46 heavy (non-hydrogen) atoms. The molecule has 6 atom stereocenters. The summed E-state index contributed by atoms with van der Waals surface area (Å²) in [4.78, 5) is 59.1. The fourth-order valence-corrected chi connectivity index (χ4v) is 8.72. The van der Waals surface area contributed by atoms with Gasteiger partial charge in [0.25, 0.3) is 0 Å². The number of carbonyl (C=O) groups excluding carboxylic acids is 4. The van der Waals surface area contributed by atoms with Gasteiger partial charge in [0, 0.05) is 17.9 Å². The lowest BCUT2D eigenvalue weighted by atomic mass is 9.51. The molecular weight excluding hydrogens is 611 g/mol. The lowest BCUT2D eigenvalue weighted by molar-refractivity contribution is -0.132. The van der Waals surface area contributed by atoms with E-state index in [1.54, 1.807) is 49.6 Å². The third kappa shape index (κ3) is 3.90. The molecule has 4 amide bonds. The number of hydrogen-bond acceptors (Lipinski definition) is 6. The Labute approximate surface area is 268 Å². The maximum atomic E-state index is 14.6. The zero-order valence-corrected chi connectivity index (χ0v) is 25.4. The number of fused-ring (bicyclic) bond motifs is 5. The zero-order valence-electron chi connectivity index (χ0n) is 24.7. The first kappa shape index (κ1) is 28.7. The van der Waals surface area contributed by atoms with Gasteiger partial charge in [0.15, 0.2) is 0 Å². The van der Waals surface area contributed by atoms with Gasteiger partial charge in [-0.1, -0.05) is 41.4 Å². The Balaban J connectivity index is 1.26. The largest absolute Gasteiger partial charge is 0.508 e. The summed E-state index contributed by atoms with van der Waals surface area (Å²) in [5, 5.41) is 10.0. The molecule has 0 bridgehead atoms. The first-order chi connectivity index (χ1) is 22.1. The molecule has 6 unspecified atom stereocenters. The van der Waals surface area contributed by atoms with Crippen molar-refractivity contribution >= 4 is 46.6 Å². The van der Waals surface area contributed by atoms with Gasteiger partial charge in [0.1, 0.15) is 17.3 Å². The van der Waals surface area contributed by atoms with Crippen LogP contribution in [0.2, 0.25) is 5.02 Å². The van der Waals surface area contributed by atoms with Crippen LogP contribution in [0.4, 0.5) is 15.8 Å². The molecule has 3 aromatic rings. The SMILES string of the molecule is CC12C(=O)N(c3ccc(F)c(Cl)c3)C(=O)C1CC1C(=CCC3C(=O)N(c4ccccc4)C(=O)C31)C2C1=COc2ccc(O)cc2C1. The number of anilines is 2. The van der Waals surface area contributed by atoms with Gasteiger partial charge in [-0.2, -0.15) is 0 Å². The van der Waals surface area contributed by atoms with E-state index in [0.717, 1.165) is 27.7 Å². The number of carbonyl (C=O) groups is 4. The van der Waals surface area contributed by atoms with Crippen molar-refractivity contribution in [1.29, 1.82) is 0 Å². The van der Waals surface area contributed by atoms with E-state index in [4.69, 9.17) is 16.3 Å². The Morgan fingerprint density at radius 2 is 1.70 bits per heavy atom. The number of allylic oxidation sites excluding steroid dienone is 3. The van der Waals surface area contributed by atoms with Crippen molar-refractivity contribution in [2.75, 3.05) is 9.80 Å². The Bertz CT molecular complexity index is 1940. The normalized spacial score (nSPS) is 29.8. The molecule has 3 fully saturated rings. The number of phenolic OH excluding ortho intramolecular Hbond substituents is 1. The quantitative estimate of drug-likeness (QED) is 0.280. The fourth-order valence-electron chi connectivity index (χ4n) is 8.55. The number of rotatable bonds is 3. The Morgan fingerprint density at radius 1 is 0.913 bits per heavy atom. The maximum absolute atomic E-state index is 14.6. The van der Waals surface area contributed by atoms with Crippen LogP contribution in [0.15, 0.2) is 90.2 Å². The van der Waals surface area contributed by atoms with Gasteiger partial charge in [-0.05, 0) is 79.8 Å². The van der Waals surface area contributed by atoms with Crippen LogP contribution >= 0.6 is 11.6 Å². The van der Waals surface area contributed by atoms with Crippen LogP contribution in [0.3, 0.4) is 0 Å². The Hall–Kier alpha value is -4.76. The standard InChI is InChI=1S/C36H28ClFN2O6/c1-36-26(33(43)40(35(36)45)21-7-11-28(38)27(37)15-21)16-25-23(31(36)19-13-18-14-22(41)8-12-29(18)46-17-19)9-10-24-30(25)34(44)39(32(24)42)20-5-3-2-4-6-20/h2-9,11-12,14-15,17,24-26,30-31,41H,10,13,16H2,1H3. The van der Waals surface area contributed by atoms with Crippen molar-refractivity contribution < 1.29 is 33.4 Å². The minimum atomic E-state index is -1.29. The van der Waals surface area contributed by atoms with Crippen LogP contribution in [0.1, 0.15) is 25.3 Å². The second-order valence-corrected chi connectivity index (χ2v) is 13.3. The number of amides is 4. The molecule has 3 heterocycles. The Kier molecular flexibility index (Phi) is 6.31. The van der Waals surface area contributed by atoms with Crippen molar-refractivity contribution in [1.82, 2.24) is 0 Å². The van der Waals surface area contributed by atoms with Crippen molar-refractivity contribution in [3.63, 3.8) is 0 Å². The highest BCUT2D eigenvalue weighted by Crippen LogP contribution is 2.63. The molecule has 8 nitrogen and oxygen atoms in total. The van der Waals surface area contributed by atoms with E-state index in [-0.39, 0.29) is 34.7 Å². The number of para-hydroxylation sites is 1. The smallest absolute Gasteiger partial charge is 0.241 e. The average molecular weight is 639 g/mol. The molecular formula is C36H28ClFN2O6. The van der Waals surface area contributed by atoms with Crippen LogP contribution in [0.25, 0.3) is 0 Å². The van der Waals surface area contributed by atoms with Crippen molar-refractivity contribution in [2.24, 2.45) is 35.0 Å². The second kappa shape index (κ2) is 10.1. The van der Waals surface area contributed by atoms with Gasteiger partial charge in [-0.25, -0.2) is 9.29 Å². The van der Waals surface area contributed by atoms with Gasteiger partial charge in [0.05, 0.1) is 45.8 Å². The van der Waals surface area contributed by atoms with Gasteiger partial charge in [-0.3, -0.25) is 24.1 Å². The summed E-state index contributed by atoms with van der Waals surface area (Å²) in [7, 11) is 0. The van der Waals surface area contributed by atoms with E-state index in [2.05, 4.69) is 0 Å². The van der Waals surface area contributed by atoms with Crippen LogP contribution in [-0.4, -0.2) is 28.7 Å². The molecule has 0 radical (unpaired) electrons. The predicted octanol–water partition coefficient (Wildman–Crippen LogP) is 5.97. The summed E-state index contributed by atoms with van der Waals surface area (Å²) in [6.07, 6.45) is 4.41. The lowest BCUT2D eigenvalue weighted by Gasteiger charge is -2.49. The van der Waals surface area contributed by atoms with Crippen molar-refractivity contribution in [2.45, 2.75) is 26.2 Å². The van der Waals surface area contributed by atoms with E-state index in [1.165, 1.54) is 23.1 Å². The molecule has 10 heteroatoms. The first-order valence-electron chi connectivity index (χ1n) is 15.2. The molecule has 0 aromatic heterocycles. The molecule has 2 saturated heterocycles. The number of benzene rings is 3. The molecule has 3 aliphatic heterocycles. The highest BCUT2D eigenvalue weighted by Gasteiger charge is 2.68. The summed E-state index contributed by atoms with van der Waals surface area (Å²) >= 11 is 6.09. The van der Waals surface area contributed by atoms with Crippen LogP contribution in [0, 0.1) is 40.8 Å². The van der Waals surface area contributed by atoms with E-state index < -0.39 is 52.6 Å². The molecule has 1 saturated carbocycles. The number of nitrogens with zero attached hydrogens (tertiary/aromatic N) is 2. The maximum Gasteiger partial charge on any atom is 0.241 e. The molecule has 2 aliphatic carbocycles. The van der Waals surface area contributed by atoms with Gasteiger partial charge in [0.2, 0.25) is 23.6 Å². The fraction of sp³-hybridized carbons (Fsp3) is 0.278. The Morgan fingerprint density at radius 3 is 2.46 bits per heavy atom. The molecule has 1 N–H and O–H groups in total. The minimum absolute atomic E-state index is 0.0662. The number of imide groups is 2. The summed E-state index contributed by atoms with van der Waals surface area (Å²) < 4.78 is 20.1. The van der Waals surface area contributed by atoms with Gasteiger partial charge >= 0.3 is 0 Å². The van der Waals surface area contributed by atoms with Gasteiger partial charge < -0.3 is 9.84 Å². The molecule has 5 aliphatic rings. The number of ether oxygens (including phenoxy) is 1. The first-order valence-corrected chi connectivity index (χ1v) is 15.6. The topological polar surface area (TPSA) is 104 Å². The number of phenols is 1. The predicted molar refractivity (Wildman–Crippen MR) is 166 cm³/mol. The molecule has 232 valence electrons. The number of aromatic hydroxyl groups is 1. The summed E-state index contributed by atoms with van der Waals surface area (Å²) in [6.45, 7) is 1.77. The molecule has 8 rings (SSSR count). The van der Waals surface area contributed by atoms with E-state index in [0.29, 0.717) is 24.3 Å². The average Bonchev–Trinajstić information content (AvgIpc) is 3.42. The van der Waals surface area contributed by atoms with Crippen LogP contribution in [-0.2, 0) is 25.6 Å². The summed E-state index contributed by atoms with van der Waals surface area (Å²) in [5.41, 5.74) is 1.64. The highest BCUT2D eigenvalue weighted by molar-refractivity contribution is 6.31. The molecule has 0 spiro atoms. The van der Waals surface area contributed by atoms with Crippen molar-refractivity contribution in [3.8, 4) is 11.5 Å². The number of halogens is 2.